The molecule has 0 saturated carbocycles. The summed E-state index contributed by atoms with van der Waals surface area (Å²) < 4.78 is 9.86. The van der Waals surface area contributed by atoms with Crippen LogP contribution in [0.4, 0.5) is 0 Å². The summed E-state index contributed by atoms with van der Waals surface area (Å²) in [7, 11) is 0. The standard InChI is InChI=1S/C24H20N4O3/c1-17-9-11-18(12-10-17)14-26-16-25-22-21(26)23(29)27(15-20-8-5-13-31-20)24(30)28(22)19-6-3-2-4-7-19/h2-13,16H,14-15H2,1H3. The number of imidazole rings is 1. The molecule has 0 bridgehead atoms. The van der Waals surface area contributed by atoms with Crippen LogP contribution in [-0.4, -0.2) is 18.7 Å². The Kier molecular flexibility index (Phi) is 4.63. The molecule has 5 rings (SSSR count). The fourth-order valence-electron chi connectivity index (χ4n) is 3.70. The number of aryl methyl sites for hydroxylation is 1. The summed E-state index contributed by atoms with van der Waals surface area (Å²) in [6.45, 7) is 2.55. The van der Waals surface area contributed by atoms with Crippen LogP contribution in [0.2, 0.25) is 0 Å². The van der Waals surface area contributed by atoms with Crippen molar-refractivity contribution in [1.82, 2.24) is 18.7 Å². The van der Waals surface area contributed by atoms with Gasteiger partial charge in [-0.25, -0.2) is 14.3 Å². The molecular weight excluding hydrogens is 392 g/mol. The summed E-state index contributed by atoms with van der Waals surface area (Å²) in [5.41, 5.74) is 2.71. The zero-order valence-electron chi connectivity index (χ0n) is 16.9. The van der Waals surface area contributed by atoms with E-state index in [1.165, 1.54) is 15.4 Å². The van der Waals surface area contributed by atoms with Crippen LogP contribution in [0.3, 0.4) is 0 Å². The minimum absolute atomic E-state index is 0.0448. The number of benzene rings is 2. The van der Waals surface area contributed by atoms with Crippen LogP contribution < -0.4 is 11.2 Å². The smallest absolute Gasteiger partial charge is 0.337 e. The number of para-hydroxylation sites is 1. The van der Waals surface area contributed by atoms with Gasteiger partial charge in [-0.15, -0.1) is 0 Å². The van der Waals surface area contributed by atoms with Gasteiger partial charge in [0.2, 0.25) is 0 Å². The SMILES string of the molecule is Cc1ccc(Cn2cnc3c2c(=O)n(Cc2ccco2)c(=O)n3-c2ccccc2)cc1. The van der Waals surface area contributed by atoms with Crippen LogP contribution in [0.5, 0.6) is 0 Å². The van der Waals surface area contributed by atoms with Crippen molar-refractivity contribution in [2.24, 2.45) is 0 Å². The first-order valence-corrected chi connectivity index (χ1v) is 9.96. The van der Waals surface area contributed by atoms with Crippen molar-refractivity contribution in [3.8, 4) is 5.69 Å². The van der Waals surface area contributed by atoms with Crippen LogP contribution in [0.15, 0.2) is 93.3 Å². The molecule has 154 valence electrons. The van der Waals surface area contributed by atoms with Gasteiger partial charge in [0.25, 0.3) is 5.56 Å². The molecular formula is C24H20N4O3. The van der Waals surface area contributed by atoms with Gasteiger partial charge < -0.3 is 8.98 Å². The first-order chi connectivity index (χ1) is 15.1. The second kappa shape index (κ2) is 7.60. The van der Waals surface area contributed by atoms with Gasteiger partial charge in [0.1, 0.15) is 5.76 Å². The highest BCUT2D eigenvalue weighted by atomic mass is 16.3. The van der Waals surface area contributed by atoms with E-state index >= 15 is 0 Å². The second-order valence-electron chi connectivity index (χ2n) is 7.45. The molecule has 0 aliphatic heterocycles. The molecule has 3 heterocycles. The molecule has 0 aliphatic rings. The Morgan fingerprint density at radius 1 is 0.903 bits per heavy atom. The average molecular weight is 412 g/mol. The van der Waals surface area contributed by atoms with E-state index in [1.54, 1.807) is 23.0 Å². The van der Waals surface area contributed by atoms with E-state index in [0.29, 0.717) is 29.2 Å². The minimum Gasteiger partial charge on any atom is -0.467 e. The predicted molar refractivity (Wildman–Crippen MR) is 118 cm³/mol. The Morgan fingerprint density at radius 2 is 1.68 bits per heavy atom. The summed E-state index contributed by atoms with van der Waals surface area (Å²) in [6, 6.07) is 20.8. The van der Waals surface area contributed by atoms with Gasteiger partial charge in [-0.3, -0.25) is 9.36 Å². The maximum atomic E-state index is 13.4. The summed E-state index contributed by atoms with van der Waals surface area (Å²) in [6.07, 6.45) is 3.14. The number of aromatic nitrogens is 4. The van der Waals surface area contributed by atoms with Crippen molar-refractivity contribution in [2.45, 2.75) is 20.0 Å². The zero-order chi connectivity index (χ0) is 21.4. The molecule has 3 aromatic heterocycles. The van der Waals surface area contributed by atoms with Crippen LogP contribution in [0, 0.1) is 6.92 Å². The molecule has 0 amide bonds. The molecule has 0 fully saturated rings. The monoisotopic (exact) mass is 412 g/mol. The fraction of sp³-hybridized carbons (Fsp3) is 0.125. The number of rotatable bonds is 5. The lowest BCUT2D eigenvalue weighted by molar-refractivity contribution is 0.482. The maximum absolute atomic E-state index is 13.4. The molecule has 7 nitrogen and oxygen atoms in total. The molecule has 0 unspecified atom stereocenters. The van der Waals surface area contributed by atoms with Crippen LogP contribution in [-0.2, 0) is 13.1 Å². The van der Waals surface area contributed by atoms with Crippen LogP contribution >= 0.6 is 0 Å². The number of fused-ring (bicyclic) bond motifs is 1. The van der Waals surface area contributed by atoms with Gasteiger partial charge in [-0.1, -0.05) is 48.0 Å². The van der Waals surface area contributed by atoms with Crippen molar-refractivity contribution >= 4 is 11.2 Å². The molecule has 0 N–H and O–H groups in total. The molecule has 31 heavy (non-hydrogen) atoms. The third-order valence-corrected chi connectivity index (χ3v) is 5.28. The topological polar surface area (TPSA) is 75.0 Å². The van der Waals surface area contributed by atoms with E-state index in [4.69, 9.17) is 4.42 Å². The highest BCUT2D eigenvalue weighted by Crippen LogP contribution is 2.15. The van der Waals surface area contributed by atoms with Crippen molar-refractivity contribution in [3.63, 3.8) is 0 Å². The van der Waals surface area contributed by atoms with Crippen molar-refractivity contribution in [3.05, 3.63) is 117 Å². The molecule has 2 aromatic carbocycles. The number of nitrogens with zero attached hydrogens (tertiary/aromatic N) is 4. The van der Waals surface area contributed by atoms with Crippen LogP contribution in [0.25, 0.3) is 16.9 Å². The van der Waals surface area contributed by atoms with E-state index in [1.807, 2.05) is 61.5 Å². The van der Waals surface area contributed by atoms with Crippen molar-refractivity contribution in [2.75, 3.05) is 0 Å². The molecule has 5 aromatic rings. The quantitative estimate of drug-likeness (QED) is 0.444. The third kappa shape index (κ3) is 3.40. The minimum atomic E-state index is -0.458. The molecule has 0 radical (unpaired) electrons. The number of furan rings is 1. The Balaban J connectivity index is 1.75. The molecule has 0 saturated heterocycles. The van der Waals surface area contributed by atoms with Gasteiger partial charge in [-0.05, 0) is 36.8 Å². The van der Waals surface area contributed by atoms with E-state index in [2.05, 4.69) is 4.98 Å². The Bertz CT molecular complexity index is 1460. The molecule has 0 spiro atoms. The lowest BCUT2D eigenvalue weighted by Gasteiger charge is -2.12. The highest BCUT2D eigenvalue weighted by Gasteiger charge is 2.20. The van der Waals surface area contributed by atoms with Gasteiger partial charge in [0.15, 0.2) is 11.2 Å². The lowest BCUT2D eigenvalue weighted by atomic mass is 10.1. The third-order valence-electron chi connectivity index (χ3n) is 5.28. The largest absolute Gasteiger partial charge is 0.467 e. The van der Waals surface area contributed by atoms with Gasteiger partial charge in [0, 0.05) is 6.54 Å². The Hall–Kier alpha value is -4.13. The van der Waals surface area contributed by atoms with Gasteiger partial charge in [-0.2, -0.15) is 0 Å². The van der Waals surface area contributed by atoms with E-state index in [-0.39, 0.29) is 6.54 Å². The molecule has 7 heteroatoms. The summed E-state index contributed by atoms with van der Waals surface area (Å²) in [4.78, 5) is 31.3. The molecule has 0 aliphatic carbocycles. The number of hydrogen-bond donors (Lipinski definition) is 0. The van der Waals surface area contributed by atoms with Crippen LogP contribution in [0.1, 0.15) is 16.9 Å². The highest BCUT2D eigenvalue weighted by molar-refractivity contribution is 5.72. The normalized spacial score (nSPS) is 11.3. The first kappa shape index (κ1) is 18.9. The van der Waals surface area contributed by atoms with E-state index in [0.717, 1.165) is 11.1 Å². The summed E-state index contributed by atoms with van der Waals surface area (Å²) in [5.74, 6) is 0.530. The summed E-state index contributed by atoms with van der Waals surface area (Å²) >= 11 is 0. The van der Waals surface area contributed by atoms with E-state index in [9.17, 15) is 9.59 Å². The van der Waals surface area contributed by atoms with Crippen molar-refractivity contribution in [1.29, 1.82) is 0 Å². The summed E-state index contributed by atoms with van der Waals surface area (Å²) in [5, 5.41) is 0. The Morgan fingerprint density at radius 3 is 2.39 bits per heavy atom. The van der Waals surface area contributed by atoms with Gasteiger partial charge in [0.05, 0.1) is 24.8 Å². The van der Waals surface area contributed by atoms with Crippen molar-refractivity contribution < 1.29 is 4.42 Å². The van der Waals surface area contributed by atoms with E-state index < -0.39 is 11.2 Å². The van der Waals surface area contributed by atoms with Gasteiger partial charge >= 0.3 is 5.69 Å². The zero-order valence-corrected chi connectivity index (χ0v) is 16.9. The predicted octanol–water partition coefficient (Wildman–Crippen LogP) is 3.35. The maximum Gasteiger partial charge on any atom is 0.337 e. The molecule has 0 atom stereocenters. The number of hydrogen-bond acceptors (Lipinski definition) is 4. The Labute approximate surface area is 177 Å². The second-order valence-corrected chi connectivity index (χ2v) is 7.45. The fourth-order valence-corrected chi connectivity index (χ4v) is 3.70. The first-order valence-electron chi connectivity index (χ1n) is 9.96. The lowest BCUT2D eigenvalue weighted by Crippen LogP contribution is -2.40. The average Bonchev–Trinajstić information content (AvgIpc) is 3.44.